The zero-order valence-corrected chi connectivity index (χ0v) is 14.3. The van der Waals surface area contributed by atoms with Crippen molar-refractivity contribution in [1.29, 1.82) is 0 Å². The number of benzene rings is 1. The summed E-state index contributed by atoms with van der Waals surface area (Å²) >= 11 is 1.36. The third-order valence-corrected chi connectivity index (χ3v) is 4.03. The second-order valence-electron chi connectivity index (χ2n) is 4.82. The molecule has 0 radical (unpaired) electrons. The average molecular weight is 345 g/mol. The number of carbonyl (C=O) groups excluding carboxylic acids is 1. The molecular weight excluding hydrogens is 326 g/mol. The molecule has 0 saturated heterocycles. The fourth-order valence-corrected chi connectivity index (χ4v) is 2.60. The molecule has 1 amide bonds. The summed E-state index contributed by atoms with van der Waals surface area (Å²) < 4.78 is 5.30. The molecule has 6 nitrogen and oxygen atoms in total. The number of thioether (sulfide) groups is 1. The van der Waals surface area contributed by atoms with E-state index in [1.165, 1.54) is 24.0 Å². The van der Waals surface area contributed by atoms with Crippen LogP contribution in [0.5, 0.6) is 11.5 Å². The SMILES string of the molecule is CCOc1cc(/C=N\NC(=O)[C@@H](C)Sc2ccccn2)ccc1O. The van der Waals surface area contributed by atoms with E-state index in [2.05, 4.69) is 15.5 Å². The van der Waals surface area contributed by atoms with Crippen LogP contribution in [0, 0.1) is 0 Å². The molecule has 0 spiro atoms. The Morgan fingerprint density at radius 2 is 2.29 bits per heavy atom. The number of aromatic hydroxyl groups is 1. The first-order valence-electron chi connectivity index (χ1n) is 7.46. The van der Waals surface area contributed by atoms with Crippen molar-refractivity contribution >= 4 is 23.9 Å². The van der Waals surface area contributed by atoms with Crippen LogP contribution < -0.4 is 10.2 Å². The van der Waals surface area contributed by atoms with Crippen LogP contribution in [-0.2, 0) is 4.79 Å². The molecule has 1 heterocycles. The van der Waals surface area contributed by atoms with Gasteiger partial charge in [0.15, 0.2) is 11.5 Å². The third kappa shape index (κ3) is 5.27. The molecule has 1 aromatic heterocycles. The molecule has 2 rings (SSSR count). The Hall–Kier alpha value is -2.54. The highest BCUT2D eigenvalue weighted by molar-refractivity contribution is 8.00. The molecule has 0 unspecified atom stereocenters. The zero-order chi connectivity index (χ0) is 17.4. The highest BCUT2D eigenvalue weighted by Gasteiger charge is 2.14. The molecule has 1 atom stereocenters. The average Bonchev–Trinajstić information content (AvgIpc) is 2.58. The number of carbonyl (C=O) groups is 1. The van der Waals surface area contributed by atoms with E-state index in [1.54, 1.807) is 25.3 Å². The monoisotopic (exact) mass is 345 g/mol. The summed E-state index contributed by atoms with van der Waals surface area (Å²) in [6, 6.07) is 10.4. The fraction of sp³-hybridized carbons (Fsp3) is 0.235. The Labute approximate surface area is 145 Å². The van der Waals surface area contributed by atoms with E-state index < -0.39 is 0 Å². The fourth-order valence-electron chi connectivity index (χ4n) is 1.79. The normalized spacial score (nSPS) is 12.1. The summed E-state index contributed by atoms with van der Waals surface area (Å²) in [5.41, 5.74) is 3.21. The van der Waals surface area contributed by atoms with Crippen molar-refractivity contribution in [2.75, 3.05) is 6.61 Å². The summed E-state index contributed by atoms with van der Waals surface area (Å²) in [7, 11) is 0. The lowest BCUT2D eigenvalue weighted by Gasteiger charge is -2.08. The minimum absolute atomic E-state index is 0.0680. The molecule has 7 heteroatoms. The van der Waals surface area contributed by atoms with Gasteiger partial charge in [-0.05, 0) is 49.7 Å². The van der Waals surface area contributed by atoms with Gasteiger partial charge in [0.25, 0.3) is 5.91 Å². The number of rotatable bonds is 7. The first kappa shape index (κ1) is 17.8. The van der Waals surface area contributed by atoms with Crippen molar-refractivity contribution in [2.45, 2.75) is 24.1 Å². The van der Waals surface area contributed by atoms with E-state index in [-0.39, 0.29) is 16.9 Å². The third-order valence-electron chi connectivity index (χ3n) is 2.98. The lowest BCUT2D eigenvalue weighted by Crippen LogP contribution is -2.26. The van der Waals surface area contributed by atoms with E-state index in [4.69, 9.17) is 4.74 Å². The number of phenols is 1. The topological polar surface area (TPSA) is 83.8 Å². The maximum atomic E-state index is 12.0. The van der Waals surface area contributed by atoms with Crippen LogP contribution in [0.1, 0.15) is 19.4 Å². The molecule has 1 aromatic carbocycles. The summed E-state index contributed by atoms with van der Waals surface area (Å²) in [6.07, 6.45) is 3.18. The number of pyridine rings is 1. The Bertz CT molecular complexity index is 707. The van der Waals surface area contributed by atoms with Crippen molar-refractivity contribution in [3.05, 3.63) is 48.2 Å². The van der Waals surface area contributed by atoms with E-state index in [9.17, 15) is 9.90 Å². The quantitative estimate of drug-likeness (QED) is 0.458. The van der Waals surface area contributed by atoms with Gasteiger partial charge < -0.3 is 9.84 Å². The van der Waals surface area contributed by atoms with Crippen LogP contribution in [0.25, 0.3) is 0 Å². The number of nitrogens with one attached hydrogen (secondary N) is 1. The second-order valence-corrected chi connectivity index (χ2v) is 6.18. The summed E-state index contributed by atoms with van der Waals surface area (Å²) in [5.74, 6) is 0.232. The zero-order valence-electron chi connectivity index (χ0n) is 13.5. The molecule has 0 aliphatic rings. The maximum absolute atomic E-state index is 12.0. The molecular formula is C17H19N3O3S. The smallest absolute Gasteiger partial charge is 0.253 e. The lowest BCUT2D eigenvalue weighted by atomic mass is 10.2. The lowest BCUT2D eigenvalue weighted by molar-refractivity contribution is -0.120. The number of aromatic nitrogens is 1. The van der Waals surface area contributed by atoms with Gasteiger partial charge in [0.1, 0.15) is 0 Å². The van der Waals surface area contributed by atoms with Crippen molar-refractivity contribution in [2.24, 2.45) is 5.10 Å². The van der Waals surface area contributed by atoms with Gasteiger partial charge in [-0.15, -0.1) is 0 Å². The minimum atomic E-state index is -0.323. The highest BCUT2D eigenvalue weighted by atomic mass is 32.2. The van der Waals surface area contributed by atoms with Crippen molar-refractivity contribution in [3.63, 3.8) is 0 Å². The van der Waals surface area contributed by atoms with Crippen molar-refractivity contribution in [3.8, 4) is 11.5 Å². The number of hydrogen-bond acceptors (Lipinski definition) is 6. The Morgan fingerprint density at radius 1 is 1.46 bits per heavy atom. The molecule has 0 aliphatic carbocycles. The molecule has 126 valence electrons. The van der Waals surface area contributed by atoms with Crippen LogP contribution in [0.2, 0.25) is 0 Å². The number of ether oxygens (including phenoxy) is 1. The summed E-state index contributed by atoms with van der Waals surface area (Å²) in [6.45, 7) is 4.08. The van der Waals surface area contributed by atoms with Crippen LogP contribution in [0.4, 0.5) is 0 Å². The molecule has 0 aliphatic heterocycles. The van der Waals surface area contributed by atoms with E-state index in [1.807, 2.05) is 25.1 Å². The predicted octanol–water partition coefficient (Wildman–Crippen LogP) is 2.82. The van der Waals surface area contributed by atoms with E-state index in [0.29, 0.717) is 17.9 Å². The standard InChI is InChI=1S/C17H19N3O3S/c1-3-23-15-10-13(7-8-14(15)21)11-19-20-17(22)12(2)24-16-6-4-5-9-18-16/h4-12,21H,3H2,1-2H3,(H,20,22)/b19-11-/t12-/m1/s1. The number of hydrogen-bond donors (Lipinski definition) is 2. The van der Waals surface area contributed by atoms with Gasteiger partial charge in [-0.25, -0.2) is 10.4 Å². The summed E-state index contributed by atoms with van der Waals surface area (Å²) in [4.78, 5) is 16.2. The van der Waals surface area contributed by atoms with Crippen molar-refractivity contribution < 1.29 is 14.6 Å². The molecule has 0 saturated carbocycles. The largest absolute Gasteiger partial charge is 0.504 e. The van der Waals surface area contributed by atoms with Crippen LogP contribution in [-0.4, -0.2) is 34.1 Å². The molecule has 0 fully saturated rings. The van der Waals surface area contributed by atoms with Gasteiger partial charge in [0, 0.05) is 6.20 Å². The number of phenolic OH excluding ortho intramolecular Hbond substituents is 1. The molecule has 2 aromatic rings. The predicted molar refractivity (Wildman–Crippen MR) is 94.6 cm³/mol. The van der Waals surface area contributed by atoms with Gasteiger partial charge in [0.05, 0.1) is 23.1 Å². The maximum Gasteiger partial charge on any atom is 0.253 e. The Kier molecular flexibility index (Phi) is 6.62. The van der Waals surface area contributed by atoms with Gasteiger partial charge >= 0.3 is 0 Å². The molecule has 24 heavy (non-hydrogen) atoms. The van der Waals surface area contributed by atoms with Crippen LogP contribution in [0.3, 0.4) is 0 Å². The first-order valence-corrected chi connectivity index (χ1v) is 8.34. The number of amides is 1. The second kappa shape index (κ2) is 8.93. The van der Waals surface area contributed by atoms with E-state index >= 15 is 0 Å². The number of hydrazone groups is 1. The van der Waals surface area contributed by atoms with Gasteiger partial charge in [0.2, 0.25) is 0 Å². The minimum Gasteiger partial charge on any atom is -0.504 e. The molecule has 0 bridgehead atoms. The van der Waals surface area contributed by atoms with Gasteiger partial charge in [-0.2, -0.15) is 5.10 Å². The molecule has 2 N–H and O–H groups in total. The summed E-state index contributed by atoms with van der Waals surface area (Å²) in [5, 5.41) is 14.0. The number of nitrogens with zero attached hydrogens (tertiary/aromatic N) is 2. The van der Waals surface area contributed by atoms with E-state index in [0.717, 1.165) is 5.03 Å². The van der Waals surface area contributed by atoms with Crippen LogP contribution >= 0.6 is 11.8 Å². The Balaban J connectivity index is 1.91. The highest BCUT2D eigenvalue weighted by Crippen LogP contribution is 2.26. The van der Waals surface area contributed by atoms with Crippen molar-refractivity contribution in [1.82, 2.24) is 10.4 Å². The first-order chi connectivity index (χ1) is 11.6. The van der Waals surface area contributed by atoms with Gasteiger partial charge in [-0.3, -0.25) is 4.79 Å². The Morgan fingerprint density at radius 3 is 3.00 bits per heavy atom. The van der Waals surface area contributed by atoms with Crippen LogP contribution in [0.15, 0.2) is 52.7 Å². The van der Waals surface area contributed by atoms with Gasteiger partial charge in [-0.1, -0.05) is 17.8 Å².